The van der Waals surface area contributed by atoms with Gasteiger partial charge in [0, 0.05) is 33.3 Å². The normalized spacial score (nSPS) is 22.8. The number of carbonyl (C=O) groups is 2. The number of amides is 2. The molecule has 0 aromatic carbocycles. The van der Waals surface area contributed by atoms with Crippen molar-refractivity contribution < 1.29 is 14.3 Å². The zero-order chi connectivity index (χ0) is 16.6. The van der Waals surface area contributed by atoms with E-state index in [1.807, 2.05) is 6.92 Å². The van der Waals surface area contributed by atoms with Gasteiger partial charge in [0.05, 0.1) is 18.2 Å². The SMILES string of the molecule is CC(=O)N(C)C1CCN(C(=O)c2cnc3c(c2)O[C@@H](C)CN3)C1. The second-order valence-corrected chi connectivity index (χ2v) is 6.20. The van der Waals surface area contributed by atoms with E-state index in [0.717, 1.165) is 6.42 Å². The zero-order valence-electron chi connectivity index (χ0n) is 13.7. The van der Waals surface area contributed by atoms with Crippen molar-refractivity contribution in [2.75, 3.05) is 32.0 Å². The van der Waals surface area contributed by atoms with Gasteiger partial charge in [-0.25, -0.2) is 4.98 Å². The molecule has 0 aliphatic carbocycles. The molecule has 0 saturated carbocycles. The number of rotatable bonds is 2. The van der Waals surface area contributed by atoms with Crippen LogP contribution >= 0.6 is 0 Å². The Hall–Kier alpha value is -2.31. The number of ether oxygens (including phenoxy) is 1. The molecule has 23 heavy (non-hydrogen) atoms. The minimum Gasteiger partial charge on any atom is -0.485 e. The highest BCUT2D eigenvalue weighted by atomic mass is 16.5. The first-order valence-electron chi connectivity index (χ1n) is 7.89. The highest BCUT2D eigenvalue weighted by molar-refractivity contribution is 5.95. The number of hydrogen-bond acceptors (Lipinski definition) is 5. The van der Waals surface area contributed by atoms with Crippen LogP contribution in [-0.2, 0) is 4.79 Å². The fraction of sp³-hybridized carbons (Fsp3) is 0.562. The number of likely N-dealkylation sites (N-methyl/N-ethyl adjacent to an activating group) is 1. The van der Waals surface area contributed by atoms with Crippen molar-refractivity contribution in [2.24, 2.45) is 0 Å². The number of nitrogens with zero attached hydrogens (tertiary/aromatic N) is 3. The van der Waals surface area contributed by atoms with Gasteiger partial charge in [0.2, 0.25) is 5.91 Å². The van der Waals surface area contributed by atoms with Gasteiger partial charge in [0.1, 0.15) is 6.10 Å². The van der Waals surface area contributed by atoms with E-state index in [1.165, 1.54) is 0 Å². The fourth-order valence-electron chi connectivity index (χ4n) is 2.97. The van der Waals surface area contributed by atoms with E-state index in [2.05, 4.69) is 10.3 Å². The molecule has 1 saturated heterocycles. The molecule has 0 bridgehead atoms. The number of hydrogen-bond donors (Lipinski definition) is 1. The Morgan fingerprint density at radius 2 is 2.26 bits per heavy atom. The molecule has 1 aromatic heterocycles. The molecule has 1 fully saturated rings. The molecule has 1 unspecified atom stereocenters. The number of aromatic nitrogens is 1. The van der Waals surface area contributed by atoms with E-state index in [-0.39, 0.29) is 24.0 Å². The molecular weight excluding hydrogens is 296 g/mol. The van der Waals surface area contributed by atoms with Gasteiger partial charge >= 0.3 is 0 Å². The monoisotopic (exact) mass is 318 g/mol. The van der Waals surface area contributed by atoms with Crippen LogP contribution in [0.1, 0.15) is 30.6 Å². The van der Waals surface area contributed by atoms with Crippen molar-refractivity contribution in [3.63, 3.8) is 0 Å². The molecule has 7 nitrogen and oxygen atoms in total. The summed E-state index contributed by atoms with van der Waals surface area (Å²) in [5.41, 5.74) is 0.519. The fourth-order valence-corrected chi connectivity index (χ4v) is 2.97. The van der Waals surface area contributed by atoms with Crippen molar-refractivity contribution in [1.82, 2.24) is 14.8 Å². The van der Waals surface area contributed by atoms with Crippen LogP contribution < -0.4 is 10.1 Å². The summed E-state index contributed by atoms with van der Waals surface area (Å²) in [7, 11) is 1.78. The quantitative estimate of drug-likeness (QED) is 0.879. The van der Waals surface area contributed by atoms with Gasteiger partial charge in [-0.1, -0.05) is 0 Å². The molecule has 2 aliphatic heterocycles. The van der Waals surface area contributed by atoms with Crippen LogP contribution in [0.2, 0.25) is 0 Å². The van der Waals surface area contributed by atoms with Crippen LogP contribution in [0, 0.1) is 0 Å². The Kier molecular flexibility index (Phi) is 4.11. The predicted molar refractivity (Wildman–Crippen MR) is 85.6 cm³/mol. The van der Waals surface area contributed by atoms with E-state index in [0.29, 0.717) is 36.8 Å². The molecule has 2 atom stereocenters. The predicted octanol–water partition coefficient (Wildman–Crippen LogP) is 0.967. The summed E-state index contributed by atoms with van der Waals surface area (Å²) in [6.45, 7) is 5.42. The molecule has 2 amide bonds. The van der Waals surface area contributed by atoms with E-state index < -0.39 is 0 Å². The third-order valence-corrected chi connectivity index (χ3v) is 4.48. The number of pyridine rings is 1. The first kappa shape index (κ1) is 15.6. The number of nitrogens with one attached hydrogen (secondary N) is 1. The van der Waals surface area contributed by atoms with Crippen LogP contribution in [-0.4, -0.2) is 65.4 Å². The lowest BCUT2D eigenvalue weighted by Crippen LogP contribution is -2.39. The van der Waals surface area contributed by atoms with Crippen LogP contribution in [0.25, 0.3) is 0 Å². The second-order valence-electron chi connectivity index (χ2n) is 6.20. The van der Waals surface area contributed by atoms with Crippen LogP contribution in [0.3, 0.4) is 0 Å². The molecular formula is C16H22N4O3. The summed E-state index contributed by atoms with van der Waals surface area (Å²) in [5.74, 6) is 1.25. The van der Waals surface area contributed by atoms with Gasteiger partial charge in [-0.05, 0) is 19.4 Å². The maximum absolute atomic E-state index is 12.7. The third-order valence-electron chi connectivity index (χ3n) is 4.48. The average Bonchev–Trinajstić information content (AvgIpc) is 3.02. The van der Waals surface area contributed by atoms with Crippen molar-refractivity contribution >= 4 is 17.6 Å². The average molecular weight is 318 g/mol. The van der Waals surface area contributed by atoms with E-state index in [4.69, 9.17) is 4.74 Å². The van der Waals surface area contributed by atoms with E-state index in [1.54, 1.807) is 36.0 Å². The molecule has 3 rings (SSSR count). The molecule has 0 radical (unpaired) electrons. The van der Waals surface area contributed by atoms with Gasteiger partial charge in [-0.15, -0.1) is 0 Å². The molecule has 0 spiro atoms. The Bertz CT molecular complexity index is 634. The Morgan fingerprint density at radius 1 is 1.48 bits per heavy atom. The number of likely N-dealkylation sites (tertiary alicyclic amines) is 1. The van der Waals surface area contributed by atoms with Gasteiger partial charge in [-0.3, -0.25) is 9.59 Å². The summed E-state index contributed by atoms with van der Waals surface area (Å²) in [4.78, 5) is 31.9. The van der Waals surface area contributed by atoms with Crippen molar-refractivity contribution in [1.29, 1.82) is 0 Å². The molecule has 2 aliphatic rings. The largest absolute Gasteiger partial charge is 0.485 e. The summed E-state index contributed by atoms with van der Waals surface area (Å²) in [5, 5.41) is 3.18. The van der Waals surface area contributed by atoms with Crippen molar-refractivity contribution in [2.45, 2.75) is 32.4 Å². The van der Waals surface area contributed by atoms with Gasteiger partial charge in [0.15, 0.2) is 11.6 Å². The summed E-state index contributed by atoms with van der Waals surface area (Å²) < 4.78 is 5.73. The minimum absolute atomic E-state index is 0.0215. The van der Waals surface area contributed by atoms with Crippen LogP contribution in [0.15, 0.2) is 12.3 Å². The summed E-state index contributed by atoms with van der Waals surface area (Å²) >= 11 is 0. The van der Waals surface area contributed by atoms with Gasteiger partial charge < -0.3 is 19.9 Å². The molecule has 7 heteroatoms. The number of anilines is 1. The summed E-state index contributed by atoms with van der Waals surface area (Å²) in [6, 6.07) is 1.83. The molecule has 3 heterocycles. The van der Waals surface area contributed by atoms with Crippen LogP contribution in [0.4, 0.5) is 5.82 Å². The summed E-state index contributed by atoms with van der Waals surface area (Å²) in [6.07, 6.45) is 2.43. The standard InChI is InChI=1S/C16H22N4O3/c1-10-7-17-15-14(23-10)6-12(8-18-15)16(22)20-5-4-13(9-20)19(3)11(2)21/h6,8,10,13H,4-5,7,9H2,1-3H3,(H,17,18)/t10-,13?/m0/s1. The van der Waals surface area contributed by atoms with Gasteiger partial charge in [-0.2, -0.15) is 0 Å². The highest BCUT2D eigenvalue weighted by Crippen LogP contribution is 2.28. The van der Waals surface area contributed by atoms with E-state index in [9.17, 15) is 9.59 Å². The van der Waals surface area contributed by atoms with Gasteiger partial charge in [0.25, 0.3) is 5.91 Å². The maximum Gasteiger partial charge on any atom is 0.255 e. The van der Waals surface area contributed by atoms with Crippen molar-refractivity contribution in [3.05, 3.63) is 17.8 Å². The topological polar surface area (TPSA) is 74.8 Å². The smallest absolute Gasteiger partial charge is 0.255 e. The first-order chi connectivity index (χ1) is 11.0. The lowest BCUT2D eigenvalue weighted by atomic mass is 10.2. The molecule has 1 aromatic rings. The van der Waals surface area contributed by atoms with E-state index >= 15 is 0 Å². The maximum atomic E-state index is 12.7. The van der Waals surface area contributed by atoms with Crippen molar-refractivity contribution in [3.8, 4) is 5.75 Å². The number of carbonyl (C=O) groups excluding carboxylic acids is 2. The molecule has 1 N–H and O–H groups in total. The Morgan fingerprint density at radius 3 is 3.00 bits per heavy atom. The molecule has 124 valence electrons. The Balaban J connectivity index is 1.72. The second kappa shape index (κ2) is 6.06. The first-order valence-corrected chi connectivity index (χ1v) is 7.89. The lowest BCUT2D eigenvalue weighted by molar-refractivity contribution is -0.129. The third kappa shape index (κ3) is 3.09. The lowest BCUT2D eigenvalue weighted by Gasteiger charge is -2.25. The minimum atomic E-state index is -0.0680. The number of fused-ring (bicyclic) bond motifs is 1. The highest BCUT2D eigenvalue weighted by Gasteiger charge is 2.31. The Labute approximate surface area is 135 Å². The van der Waals surface area contributed by atoms with Crippen LogP contribution in [0.5, 0.6) is 5.75 Å². The zero-order valence-corrected chi connectivity index (χ0v) is 13.7.